The van der Waals surface area contributed by atoms with Crippen LogP contribution in [0.4, 0.5) is 4.79 Å². The first kappa shape index (κ1) is 19.2. The van der Waals surface area contributed by atoms with Gasteiger partial charge in [0.2, 0.25) is 0 Å². The van der Waals surface area contributed by atoms with Crippen LogP contribution in [0, 0.1) is 6.92 Å². The fourth-order valence-electron chi connectivity index (χ4n) is 2.88. The van der Waals surface area contributed by atoms with E-state index in [1.54, 1.807) is 43.3 Å². The van der Waals surface area contributed by atoms with Gasteiger partial charge >= 0.3 is 6.03 Å². The first-order valence-corrected chi connectivity index (χ1v) is 8.64. The van der Waals surface area contributed by atoms with Crippen molar-refractivity contribution in [3.8, 4) is 11.5 Å². The molecule has 0 unspecified atom stereocenters. The summed E-state index contributed by atoms with van der Waals surface area (Å²) in [4.78, 5) is 37.3. The molecule has 1 aliphatic heterocycles. The summed E-state index contributed by atoms with van der Waals surface area (Å²) in [6.07, 6.45) is 0. The number of hydrogen-bond acceptors (Lipinski definition) is 5. The molecule has 28 heavy (non-hydrogen) atoms. The van der Waals surface area contributed by atoms with Gasteiger partial charge in [-0.05, 0) is 43.2 Å². The van der Waals surface area contributed by atoms with Crippen LogP contribution in [0.15, 0.2) is 48.5 Å². The van der Waals surface area contributed by atoms with Crippen LogP contribution in [0.1, 0.15) is 18.1 Å². The molecule has 146 valence electrons. The van der Waals surface area contributed by atoms with Crippen LogP contribution in [-0.4, -0.2) is 36.6 Å². The molecule has 0 radical (unpaired) electrons. The molecule has 2 aromatic carbocycles. The van der Waals surface area contributed by atoms with Crippen LogP contribution in [-0.2, 0) is 15.1 Å². The van der Waals surface area contributed by atoms with E-state index < -0.39 is 23.4 Å². The molecule has 0 spiro atoms. The first-order valence-electron chi connectivity index (χ1n) is 8.64. The summed E-state index contributed by atoms with van der Waals surface area (Å²) in [7, 11) is 1.54. The number of methoxy groups -OCH3 is 1. The molecule has 8 heteroatoms. The van der Waals surface area contributed by atoms with E-state index in [-0.39, 0.29) is 6.61 Å². The maximum absolute atomic E-state index is 12.8. The van der Waals surface area contributed by atoms with Gasteiger partial charge in [-0.2, -0.15) is 5.01 Å². The van der Waals surface area contributed by atoms with Gasteiger partial charge in [0, 0.05) is 0 Å². The standard InChI is InChI=1S/C20H21N3O5/c1-13-6-4-5-7-16(13)28-12-17(24)22-23-18(25)20(2,21-19(23)26)14-8-10-15(27-3)11-9-14/h4-11H,12H2,1-3H3,(H,21,26)(H,22,24)/t20-/m1/s1. The molecule has 1 saturated heterocycles. The third kappa shape index (κ3) is 3.62. The largest absolute Gasteiger partial charge is 0.497 e. The zero-order chi connectivity index (χ0) is 20.3. The predicted molar refractivity (Wildman–Crippen MR) is 101 cm³/mol. The van der Waals surface area contributed by atoms with Crippen molar-refractivity contribution in [2.45, 2.75) is 19.4 Å². The van der Waals surface area contributed by atoms with Gasteiger partial charge in [-0.3, -0.25) is 15.0 Å². The Morgan fingerprint density at radius 1 is 1.14 bits per heavy atom. The number of nitrogens with zero attached hydrogens (tertiary/aromatic N) is 1. The molecule has 1 fully saturated rings. The summed E-state index contributed by atoms with van der Waals surface area (Å²) < 4.78 is 10.6. The Labute approximate surface area is 162 Å². The summed E-state index contributed by atoms with van der Waals surface area (Å²) in [6, 6.07) is 13.3. The van der Waals surface area contributed by atoms with E-state index in [2.05, 4.69) is 10.7 Å². The number of para-hydroxylation sites is 1. The van der Waals surface area contributed by atoms with Crippen LogP contribution in [0.2, 0.25) is 0 Å². The second kappa shape index (κ2) is 7.59. The number of aryl methyl sites for hydroxylation is 1. The SMILES string of the molecule is COc1ccc([C@@]2(C)NC(=O)N(NC(=O)COc3ccccc3C)C2=O)cc1. The number of hydrazine groups is 1. The lowest BCUT2D eigenvalue weighted by Gasteiger charge is -2.22. The number of nitrogens with one attached hydrogen (secondary N) is 2. The van der Waals surface area contributed by atoms with Crippen molar-refractivity contribution in [2.75, 3.05) is 13.7 Å². The minimum absolute atomic E-state index is 0.332. The van der Waals surface area contributed by atoms with Crippen LogP contribution in [0.3, 0.4) is 0 Å². The van der Waals surface area contributed by atoms with E-state index in [1.165, 1.54) is 7.11 Å². The molecule has 1 atom stereocenters. The highest BCUT2D eigenvalue weighted by Gasteiger charge is 2.50. The highest BCUT2D eigenvalue weighted by atomic mass is 16.5. The van der Waals surface area contributed by atoms with Gasteiger partial charge in [0.25, 0.3) is 11.8 Å². The molecular weight excluding hydrogens is 362 g/mol. The van der Waals surface area contributed by atoms with Crippen LogP contribution >= 0.6 is 0 Å². The van der Waals surface area contributed by atoms with Gasteiger partial charge in [0.15, 0.2) is 6.61 Å². The highest BCUT2D eigenvalue weighted by molar-refractivity contribution is 6.08. The summed E-state index contributed by atoms with van der Waals surface area (Å²) in [5.74, 6) is -0.0294. The van der Waals surface area contributed by atoms with Crippen LogP contribution in [0.5, 0.6) is 11.5 Å². The number of carbonyl (C=O) groups excluding carboxylic acids is 3. The van der Waals surface area contributed by atoms with Crippen LogP contribution < -0.4 is 20.2 Å². The second-order valence-electron chi connectivity index (χ2n) is 6.51. The lowest BCUT2D eigenvalue weighted by atomic mass is 9.92. The molecule has 0 saturated carbocycles. The number of ether oxygens (including phenoxy) is 2. The number of urea groups is 1. The van der Waals surface area contributed by atoms with E-state index in [4.69, 9.17) is 9.47 Å². The van der Waals surface area contributed by atoms with E-state index in [9.17, 15) is 14.4 Å². The number of amides is 4. The van der Waals surface area contributed by atoms with Gasteiger partial charge in [-0.1, -0.05) is 30.3 Å². The third-order valence-corrected chi connectivity index (χ3v) is 4.55. The lowest BCUT2D eigenvalue weighted by molar-refractivity contribution is -0.139. The third-order valence-electron chi connectivity index (χ3n) is 4.55. The Kier molecular flexibility index (Phi) is 5.21. The molecule has 0 aromatic heterocycles. The van der Waals surface area contributed by atoms with Crippen molar-refractivity contribution in [1.82, 2.24) is 15.8 Å². The minimum atomic E-state index is -1.30. The van der Waals surface area contributed by atoms with Crippen molar-refractivity contribution in [3.05, 3.63) is 59.7 Å². The monoisotopic (exact) mass is 383 g/mol. The molecule has 4 amide bonds. The van der Waals surface area contributed by atoms with Gasteiger partial charge in [-0.25, -0.2) is 4.79 Å². The Hall–Kier alpha value is -3.55. The Morgan fingerprint density at radius 3 is 2.46 bits per heavy atom. The Bertz CT molecular complexity index is 912. The Morgan fingerprint density at radius 2 is 1.82 bits per heavy atom. The van der Waals surface area contributed by atoms with Crippen molar-refractivity contribution in [3.63, 3.8) is 0 Å². The normalized spacial score (nSPS) is 18.6. The van der Waals surface area contributed by atoms with E-state index >= 15 is 0 Å². The highest BCUT2D eigenvalue weighted by Crippen LogP contribution is 2.29. The quantitative estimate of drug-likeness (QED) is 0.743. The van der Waals surface area contributed by atoms with E-state index in [1.807, 2.05) is 19.1 Å². The molecule has 1 heterocycles. The number of carbonyl (C=O) groups is 3. The number of imide groups is 1. The topological polar surface area (TPSA) is 97.0 Å². The summed E-state index contributed by atoms with van der Waals surface area (Å²) in [5.41, 5.74) is 2.44. The number of rotatable bonds is 6. The average Bonchev–Trinajstić information content (AvgIpc) is 2.91. The summed E-state index contributed by atoms with van der Waals surface area (Å²) in [5, 5.41) is 3.29. The molecule has 2 aromatic rings. The van der Waals surface area contributed by atoms with Gasteiger partial charge < -0.3 is 14.8 Å². The van der Waals surface area contributed by atoms with Gasteiger partial charge in [0.1, 0.15) is 17.0 Å². The fourth-order valence-corrected chi connectivity index (χ4v) is 2.88. The molecule has 2 N–H and O–H groups in total. The maximum Gasteiger partial charge on any atom is 0.344 e. The minimum Gasteiger partial charge on any atom is -0.497 e. The van der Waals surface area contributed by atoms with Gasteiger partial charge in [0.05, 0.1) is 7.11 Å². The summed E-state index contributed by atoms with van der Waals surface area (Å²) in [6.45, 7) is 3.09. The summed E-state index contributed by atoms with van der Waals surface area (Å²) >= 11 is 0. The molecular formula is C20H21N3O5. The zero-order valence-corrected chi connectivity index (χ0v) is 15.8. The van der Waals surface area contributed by atoms with Crippen molar-refractivity contribution in [1.29, 1.82) is 0 Å². The van der Waals surface area contributed by atoms with Crippen molar-refractivity contribution in [2.24, 2.45) is 0 Å². The fraction of sp³-hybridized carbons (Fsp3) is 0.250. The molecule has 3 rings (SSSR count). The molecule has 0 bridgehead atoms. The number of benzene rings is 2. The first-order chi connectivity index (χ1) is 13.3. The maximum atomic E-state index is 12.8. The van der Waals surface area contributed by atoms with Crippen molar-refractivity contribution < 1.29 is 23.9 Å². The van der Waals surface area contributed by atoms with E-state index in [0.29, 0.717) is 22.1 Å². The molecule has 8 nitrogen and oxygen atoms in total. The smallest absolute Gasteiger partial charge is 0.344 e. The molecule has 0 aliphatic carbocycles. The Balaban J connectivity index is 1.67. The zero-order valence-electron chi connectivity index (χ0n) is 15.8. The van der Waals surface area contributed by atoms with E-state index in [0.717, 1.165) is 5.56 Å². The number of hydrogen-bond donors (Lipinski definition) is 2. The van der Waals surface area contributed by atoms with Crippen LogP contribution in [0.25, 0.3) is 0 Å². The molecule has 1 aliphatic rings. The second-order valence-corrected chi connectivity index (χ2v) is 6.51. The van der Waals surface area contributed by atoms with Crippen molar-refractivity contribution >= 4 is 17.8 Å². The average molecular weight is 383 g/mol. The van der Waals surface area contributed by atoms with Gasteiger partial charge in [-0.15, -0.1) is 0 Å². The predicted octanol–water partition coefficient (Wildman–Crippen LogP) is 1.88. The lowest BCUT2D eigenvalue weighted by Crippen LogP contribution is -2.49.